The van der Waals surface area contributed by atoms with Gasteiger partial charge in [-0.3, -0.25) is 5.10 Å². The van der Waals surface area contributed by atoms with Gasteiger partial charge < -0.3 is 5.11 Å². The van der Waals surface area contributed by atoms with E-state index in [0.717, 1.165) is 27.7 Å². The fourth-order valence-corrected chi connectivity index (χ4v) is 2.31. The van der Waals surface area contributed by atoms with Crippen molar-refractivity contribution in [2.45, 2.75) is 26.2 Å². The first-order valence-corrected chi connectivity index (χ1v) is 6.60. The molecule has 1 aromatic heterocycles. The number of phenolic OH excluding ortho intramolecular Hbond substituents is 1. The molecule has 3 aromatic rings. The van der Waals surface area contributed by atoms with Crippen LogP contribution in [0.5, 0.6) is 5.75 Å². The average molecular weight is 267 g/mol. The van der Waals surface area contributed by atoms with Crippen molar-refractivity contribution < 1.29 is 5.11 Å². The molecule has 0 fully saturated rings. The Balaban J connectivity index is 2.18. The third kappa shape index (κ3) is 2.03. The number of nitrogens with one attached hydrogen (secondary N) is 1. The summed E-state index contributed by atoms with van der Waals surface area (Å²) >= 11 is 0. The largest absolute Gasteiger partial charge is 0.507 e. The first kappa shape index (κ1) is 12.7. The molecule has 0 saturated heterocycles. The second kappa shape index (κ2) is 4.34. The van der Waals surface area contributed by atoms with Crippen LogP contribution >= 0.6 is 0 Å². The van der Waals surface area contributed by atoms with E-state index in [1.165, 1.54) is 0 Å². The predicted octanol–water partition coefficient (Wildman–Crippen LogP) is 3.63. The van der Waals surface area contributed by atoms with Crippen molar-refractivity contribution in [3.8, 4) is 16.9 Å². The number of H-pyrrole nitrogens is 1. The van der Waals surface area contributed by atoms with E-state index in [1.807, 2.05) is 36.4 Å². The van der Waals surface area contributed by atoms with Gasteiger partial charge >= 0.3 is 0 Å². The second-order valence-corrected chi connectivity index (χ2v) is 6.00. The molecule has 0 aliphatic rings. The highest BCUT2D eigenvalue weighted by molar-refractivity contribution is 5.92. The van der Waals surface area contributed by atoms with E-state index in [4.69, 9.17) is 0 Å². The van der Waals surface area contributed by atoms with Crippen LogP contribution in [0.2, 0.25) is 0 Å². The third-order valence-corrected chi connectivity index (χ3v) is 3.51. The SMILES string of the molecule is CC(C)(C)c1ccc(-c2cccc3[nH]nnc23)c(O)c1. The summed E-state index contributed by atoms with van der Waals surface area (Å²) in [5.41, 5.74) is 4.40. The van der Waals surface area contributed by atoms with Gasteiger partial charge in [0.25, 0.3) is 0 Å². The van der Waals surface area contributed by atoms with Gasteiger partial charge in [0, 0.05) is 11.1 Å². The molecule has 0 aliphatic carbocycles. The van der Waals surface area contributed by atoms with Crippen molar-refractivity contribution >= 4 is 11.0 Å². The monoisotopic (exact) mass is 267 g/mol. The molecule has 4 heteroatoms. The molecule has 1 heterocycles. The lowest BCUT2D eigenvalue weighted by Crippen LogP contribution is -2.10. The standard InChI is InChI=1S/C16H17N3O/c1-16(2,3)10-7-8-11(14(20)9-10)12-5-4-6-13-15(12)18-19-17-13/h4-9,20H,1-3H3,(H,17,18,19). The molecular weight excluding hydrogens is 250 g/mol. The van der Waals surface area contributed by atoms with Crippen LogP contribution < -0.4 is 0 Å². The van der Waals surface area contributed by atoms with Gasteiger partial charge in [0.1, 0.15) is 11.3 Å². The molecule has 0 bridgehead atoms. The van der Waals surface area contributed by atoms with E-state index in [1.54, 1.807) is 0 Å². The Bertz CT molecular complexity index is 769. The third-order valence-electron chi connectivity index (χ3n) is 3.51. The van der Waals surface area contributed by atoms with Crippen molar-refractivity contribution in [3.05, 3.63) is 42.0 Å². The van der Waals surface area contributed by atoms with Gasteiger partial charge in [-0.05, 0) is 23.1 Å². The lowest BCUT2D eigenvalue weighted by molar-refractivity contribution is 0.473. The van der Waals surface area contributed by atoms with E-state index >= 15 is 0 Å². The predicted molar refractivity (Wildman–Crippen MR) is 79.7 cm³/mol. The van der Waals surface area contributed by atoms with Crippen LogP contribution in [0.3, 0.4) is 0 Å². The van der Waals surface area contributed by atoms with Crippen molar-refractivity contribution in [3.63, 3.8) is 0 Å². The van der Waals surface area contributed by atoms with Crippen molar-refractivity contribution in [1.82, 2.24) is 15.4 Å². The number of hydrogen-bond acceptors (Lipinski definition) is 3. The van der Waals surface area contributed by atoms with Gasteiger partial charge in [-0.2, -0.15) is 0 Å². The number of benzene rings is 2. The summed E-state index contributed by atoms with van der Waals surface area (Å²) in [6.45, 7) is 6.37. The fourth-order valence-electron chi connectivity index (χ4n) is 2.31. The minimum absolute atomic E-state index is 0.00983. The van der Waals surface area contributed by atoms with E-state index < -0.39 is 0 Å². The minimum atomic E-state index is 0.00983. The molecule has 2 aromatic carbocycles. The molecule has 20 heavy (non-hydrogen) atoms. The first-order valence-electron chi connectivity index (χ1n) is 6.60. The van der Waals surface area contributed by atoms with E-state index in [2.05, 4.69) is 36.2 Å². The number of fused-ring (bicyclic) bond motifs is 1. The number of rotatable bonds is 1. The van der Waals surface area contributed by atoms with Gasteiger partial charge in [0.2, 0.25) is 0 Å². The zero-order valence-corrected chi connectivity index (χ0v) is 11.8. The van der Waals surface area contributed by atoms with Gasteiger partial charge in [0.15, 0.2) is 0 Å². The topological polar surface area (TPSA) is 61.8 Å². The maximum absolute atomic E-state index is 10.3. The van der Waals surface area contributed by atoms with Gasteiger partial charge in [-0.1, -0.05) is 50.3 Å². The highest BCUT2D eigenvalue weighted by atomic mass is 16.3. The number of aromatic nitrogens is 3. The Morgan fingerprint density at radius 2 is 1.85 bits per heavy atom. The molecule has 0 unspecified atom stereocenters. The highest BCUT2D eigenvalue weighted by Crippen LogP contribution is 2.36. The molecule has 0 amide bonds. The molecular formula is C16H17N3O. The van der Waals surface area contributed by atoms with E-state index in [0.29, 0.717) is 0 Å². The summed E-state index contributed by atoms with van der Waals surface area (Å²) in [7, 11) is 0. The van der Waals surface area contributed by atoms with Gasteiger partial charge in [-0.25, -0.2) is 0 Å². The van der Waals surface area contributed by atoms with Crippen LogP contribution in [0.25, 0.3) is 22.2 Å². The molecule has 2 N–H and O–H groups in total. The van der Waals surface area contributed by atoms with Crippen LogP contribution in [-0.4, -0.2) is 20.5 Å². The van der Waals surface area contributed by atoms with E-state index in [9.17, 15) is 5.11 Å². The Hall–Kier alpha value is -2.36. The number of nitrogens with zero attached hydrogens (tertiary/aromatic N) is 2. The quantitative estimate of drug-likeness (QED) is 0.707. The Morgan fingerprint density at radius 3 is 2.55 bits per heavy atom. The van der Waals surface area contributed by atoms with Crippen LogP contribution in [-0.2, 0) is 5.41 Å². The summed E-state index contributed by atoms with van der Waals surface area (Å²) in [6.07, 6.45) is 0. The highest BCUT2D eigenvalue weighted by Gasteiger charge is 2.17. The average Bonchev–Trinajstić information content (AvgIpc) is 2.85. The second-order valence-electron chi connectivity index (χ2n) is 6.00. The van der Waals surface area contributed by atoms with Gasteiger partial charge in [0.05, 0.1) is 5.52 Å². The number of aromatic amines is 1. The Morgan fingerprint density at radius 1 is 1.05 bits per heavy atom. The van der Waals surface area contributed by atoms with Crippen LogP contribution in [0.15, 0.2) is 36.4 Å². The summed E-state index contributed by atoms with van der Waals surface area (Å²) in [5.74, 6) is 0.271. The number of hydrogen-bond donors (Lipinski definition) is 2. The van der Waals surface area contributed by atoms with Crippen molar-refractivity contribution in [2.24, 2.45) is 0 Å². The maximum atomic E-state index is 10.3. The summed E-state index contributed by atoms with van der Waals surface area (Å²) in [6, 6.07) is 11.6. The number of aromatic hydroxyl groups is 1. The van der Waals surface area contributed by atoms with Gasteiger partial charge in [-0.15, -0.1) is 5.10 Å². The smallest absolute Gasteiger partial charge is 0.123 e. The van der Waals surface area contributed by atoms with Crippen LogP contribution in [0.4, 0.5) is 0 Å². The normalized spacial score (nSPS) is 11.9. The van der Waals surface area contributed by atoms with E-state index in [-0.39, 0.29) is 11.2 Å². The minimum Gasteiger partial charge on any atom is -0.507 e. The molecule has 3 rings (SSSR count). The Labute approximate surface area is 117 Å². The van der Waals surface area contributed by atoms with Crippen molar-refractivity contribution in [2.75, 3.05) is 0 Å². The first-order chi connectivity index (χ1) is 9.47. The van der Waals surface area contributed by atoms with Crippen LogP contribution in [0.1, 0.15) is 26.3 Å². The molecule has 0 saturated carbocycles. The zero-order valence-electron chi connectivity index (χ0n) is 11.8. The fraction of sp³-hybridized carbons (Fsp3) is 0.250. The summed E-state index contributed by atoms with van der Waals surface area (Å²) < 4.78 is 0. The number of phenols is 1. The molecule has 102 valence electrons. The molecule has 0 radical (unpaired) electrons. The molecule has 0 spiro atoms. The summed E-state index contributed by atoms with van der Waals surface area (Å²) in [4.78, 5) is 0. The lowest BCUT2D eigenvalue weighted by atomic mass is 9.86. The molecule has 4 nitrogen and oxygen atoms in total. The maximum Gasteiger partial charge on any atom is 0.123 e. The lowest BCUT2D eigenvalue weighted by Gasteiger charge is -2.20. The van der Waals surface area contributed by atoms with Crippen molar-refractivity contribution in [1.29, 1.82) is 0 Å². The summed E-state index contributed by atoms with van der Waals surface area (Å²) in [5, 5.41) is 21.1. The molecule has 0 aliphatic heterocycles. The Kier molecular flexibility index (Phi) is 2.74. The van der Waals surface area contributed by atoms with Crippen LogP contribution in [0, 0.1) is 0 Å². The zero-order chi connectivity index (χ0) is 14.3. The molecule has 0 atom stereocenters.